The molecule has 0 aliphatic heterocycles. The van der Waals surface area contributed by atoms with E-state index in [0.29, 0.717) is 23.6 Å². The van der Waals surface area contributed by atoms with Crippen LogP contribution in [0.3, 0.4) is 0 Å². The number of allylic oxidation sites excluding steroid dienone is 2. The molecule has 0 amide bonds. The van der Waals surface area contributed by atoms with Crippen molar-refractivity contribution in [2.24, 2.45) is 22.9 Å². The molecule has 1 heterocycles. The molecule has 1 fully saturated rings. The van der Waals surface area contributed by atoms with Crippen molar-refractivity contribution in [1.82, 2.24) is 15.0 Å². The first-order valence-corrected chi connectivity index (χ1v) is 6.16. The summed E-state index contributed by atoms with van der Waals surface area (Å²) in [5.74, 6) is 3.14. The molecule has 3 atom stereocenters. The molecule has 0 aromatic carbocycles. The Morgan fingerprint density at radius 1 is 1.33 bits per heavy atom. The fourth-order valence-electron chi connectivity index (χ4n) is 2.74. The maximum atomic E-state index is 5.54. The molecular weight excluding hydrogens is 228 g/mol. The van der Waals surface area contributed by atoms with Gasteiger partial charge in [-0.25, -0.2) is 5.43 Å². The van der Waals surface area contributed by atoms with Crippen LogP contribution < -0.4 is 11.2 Å². The zero-order chi connectivity index (χ0) is 12.5. The Morgan fingerprint density at radius 3 is 2.89 bits per heavy atom. The Kier molecular flexibility index (Phi) is 2.70. The minimum absolute atomic E-state index is 0.211. The first-order valence-electron chi connectivity index (χ1n) is 6.16. The van der Waals surface area contributed by atoms with Crippen molar-refractivity contribution in [2.45, 2.75) is 19.8 Å². The van der Waals surface area contributed by atoms with Crippen LogP contribution in [0.1, 0.15) is 18.7 Å². The molecule has 6 nitrogen and oxygen atoms in total. The average Bonchev–Trinajstić information content (AvgIpc) is 2.89. The maximum absolute atomic E-state index is 5.54. The molecule has 1 saturated carbocycles. The zero-order valence-electron chi connectivity index (χ0n) is 10.2. The molecule has 1 aromatic rings. The lowest BCUT2D eigenvalue weighted by Gasteiger charge is -2.11. The highest BCUT2D eigenvalue weighted by molar-refractivity contribution is 5.64. The molecule has 3 unspecified atom stereocenters. The second-order valence-corrected chi connectivity index (χ2v) is 4.90. The molecule has 2 aliphatic rings. The van der Waals surface area contributed by atoms with Gasteiger partial charge < -0.3 is 5.73 Å². The number of hydrogen-bond acceptors (Lipinski definition) is 6. The van der Waals surface area contributed by atoms with Crippen LogP contribution in [0.5, 0.6) is 0 Å². The van der Waals surface area contributed by atoms with E-state index >= 15 is 0 Å². The molecule has 0 saturated heterocycles. The third kappa shape index (κ3) is 2.18. The van der Waals surface area contributed by atoms with Crippen molar-refractivity contribution in [3.05, 3.63) is 18.0 Å². The van der Waals surface area contributed by atoms with Gasteiger partial charge in [-0.3, -0.25) is 0 Å². The summed E-state index contributed by atoms with van der Waals surface area (Å²) in [5, 5.41) is 4.21. The van der Waals surface area contributed by atoms with Crippen molar-refractivity contribution in [2.75, 3.05) is 11.2 Å². The molecule has 3 rings (SSSR count). The van der Waals surface area contributed by atoms with E-state index in [1.165, 1.54) is 12.8 Å². The van der Waals surface area contributed by atoms with Gasteiger partial charge in [0, 0.05) is 12.1 Å². The van der Waals surface area contributed by atoms with Gasteiger partial charge in [0.2, 0.25) is 11.9 Å². The highest BCUT2D eigenvalue weighted by atomic mass is 15.4. The number of anilines is 2. The topological polar surface area (TPSA) is 89.1 Å². The average molecular weight is 244 g/mol. The summed E-state index contributed by atoms with van der Waals surface area (Å²) in [5.41, 5.74) is 8.36. The van der Waals surface area contributed by atoms with E-state index in [1.54, 1.807) is 6.92 Å². The van der Waals surface area contributed by atoms with E-state index in [-0.39, 0.29) is 5.95 Å². The zero-order valence-corrected chi connectivity index (χ0v) is 10.2. The molecule has 18 heavy (non-hydrogen) atoms. The van der Waals surface area contributed by atoms with Crippen molar-refractivity contribution >= 4 is 18.1 Å². The fourth-order valence-corrected chi connectivity index (χ4v) is 2.74. The Labute approximate surface area is 105 Å². The number of aryl methyl sites for hydroxylation is 1. The van der Waals surface area contributed by atoms with Crippen molar-refractivity contribution in [3.63, 3.8) is 0 Å². The Morgan fingerprint density at radius 2 is 2.22 bits per heavy atom. The minimum atomic E-state index is 0.211. The first kappa shape index (κ1) is 11.1. The Bertz CT molecular complexity index is 489. The van der Waals surface area contributed by atoms with Gasteiger partial charge in [0.05, 0.1) is 0 Å². The summed E-state index contributed by atoms with van der Waals surface area (Å²) in [7, 11) is 0. The lowest BCUT2D eigenvalue weighted by atomic mass is 9.95. The summed E-state index contributed by atoms with van der Waals surface area (Å²) in [6.45, 7) is 1.77. The van der Waals surface area contributed by atoms with Crippen LogP contribution in [0.25, 0.3) is 0 Å². The summed E-state index contributed by atoms with van der Waals surface area (Å²) < 4.78 is 0. The minimum Gasteiger partial charge on any atom is -0.368 e. The number of fused-ring (bicyclic) bond motifs is 2. The number of nitrogens with one attached hydrogen (secondary N) is 1. The monoisotopic (exact) mass is 244 g/mol. The lowest BCUT2D eigenvalue weighted by Crippen LogP contribution is -2.10. The third-order valence-corrected chi connectivity index (χ3v) is 3.53. The van der Waals surface area contributed by atoms with E-state index in [0.717, 1.165) is 5.92 Å². The molecular formula is C12H16N6. The molecule has 0 spiro atoms. The highest BCUT2D eigenvalue weighted by Gasteiger charge is 2.34. The predicted molar refractivity (Wildman–Crippen MR) is 69.9 cm³/mol. The molecule has 2 aliphatic carbocycles. The Balaban J connectivity index is 1.62. The second-order valence-electron chi connectivity index (χ2n) is 4.90. The van der Waals surface area contributed by atoms with E-state index in [4.69, 9.17) is 5.73 Å². The van der Waals surface area contributed by atoms with Gasteiger partial charge in [0.25, 0.3) is 0 Å². The van der Waals surface area contributed by atoms with Gasteiger partial charge in [-0.15, -0.1) is 0 Å². The maximum Gasteiger partial charge on any atom is 0.248 e. The molecule has 0 radical (unpaired) electrons. The number of nitrogen functional groups attached to an aromatic ring is 1. The van der Waals surface area contributed by atoms with Gasteiger partial charge in [-0.05, 0) is 31.6 Å². The van der Waals surface area contributed by atoms with E-state index < -0.39 is 0 Å². The van der Waals surface area contributed by atoms with E-state index in [2.05, 4.69) is 37.6 Å². The standard InChI is InChI=1S/C12H16N6/c1-7-15-11(13)17-12(16-7)18-14-6-10-5-8-2-3-9(10)4-8/h2-3,6,8-10H,4-5H2,1H3,(H3,13,15,16,17,18). The van der Waals surface area contributed by atoms with Crippen LogP contribution in [0.2, 0.25) is 0 Å². The smallest absolute Gasteiger partial charge is 0.248 e. The van der Waals surface area contributed by atoms with Crippen LogP contribution in [-0.2, 0) is 0 Å². The number of aromatic nitrogens is 3. The SMILES string of the molecule is Cc1nc(N)nc(NN=CC2CC3C=CC2C3)n1. The van der Waals surface area contributed by atoms with Crippen molar-refractivity contribution in [1.29, 1.82) is 0 Å². The summed E-state index contributed by atoms with van der Waals surface area (Å²) in [4.78, 5) is 12.0. The molecule has 1 aromatic heterocycles. The molecule has 94 valence electrons. The summed E-state index contributed by atoms with van der Waals surface area (Å²) in [6.07, 6.45) is 9.05. The largest absolute Gasteiger partial charge is 0.368 e. The number of hydrogen-bond donors (Lipinski definition) is 2. The summed E-state index contributed by atoms with van der Waals surface area (Å²) >= 11 is 0. The van der Waals surface area contributed by atoms with E-state index in [9.17, 15) is 0 Å². The molecule has 2 bridgehead atoms. The van der Waals surface area contributed by atoms with Gasteiger partial charge in [0.1, 0.15) is 5.82 Å². The van der Waals surface area contributed by atoms with E-state index in [1.807, 2.05) is 6.21 Å². The van der Waals surface area contributed by atoms with Crippen LogP contribution in [0, 0.1) is 24.7 Å². The van der Waals surface area contributed by atoms with Crippen LogP contribution in [0.15, 0.2) is 17.3 Å². The number of nitrogens with two attached hydrogens (primary N) is 1. The van der Waals surface area contributed by atoms with Gasteiger partial charge in [-0.2, -0.15) is 20.1 Å². The van der Waals surface area contributed by atoms with Gasteiger partial charge >= 0.3 is 0 Å². The quantitative estimate of drug-likeness (QED) is 0.476. The molecule has 3 N–H and O–H groups in total. The van der Waals surface area contributed by atoms with Crippen LogP contribution in [-0.4, -0.2) is 21.2 Å². The van der Waals surface area contributed by atoms with Crippen LogP contribution in [0.4, 0.5) is 11.9 Å². The number of nitrogens with zero attached hydrogens (tertiary/aromatic N) is 4. The van der Waals surface area contributed by atoms with Crippen molar-refractivity contribution < 1.29 is 0 Å². The first-order chi connectivity index (χ1) is 8.70. The summed E-state index contributed by atoms with van der Waals surface area (Å²) in [6, 6.07) is 0. The van der Waals surface area contributed by atoms with Gasteiger partial charge in [0.15, 0.2) is 0 Å². The number of hydrazone groups is 1. The third-order valence-electron chi connectivity index (χ3n) is 3.53. The molecule has 6 heteroatoms. The highest BCUT2D eigenvalue weighted by Crippen LogP contribution is 2.42. The van der Waals surface area contributed by atoms with Crippen molar-refractivity contribution in [3.8, 4) is 0 Å². The van der Waals surface area contributed by atoms with Gasteiger partial charge in [-0.1, -0.05) is 12.2 Å². The normalized spacial score (nSPS) is 29.3. The predicted octanol–water partition coefficient (Wildman–Crippen LogP) is 1.37. The fraction of sp³-hybridized carbons (Fsp3) is 0.500. The number of rotatable bonds is 3. The Hall–Kier alpha value is -1.98. The van der Waals surface area contributed by atoms with Crippen LogP contribution >= 0.6 is 0 Å². The lowest BCUT2D eigenvalue weighted by molar-refractivity contribution is 0.594. The second kappa shape index (κ2) is 4.36.